The zero-order valence-electron chi connectivity index (χ0n) is 40.0. The fourth-order valence-corrected chi connectivity index (χ4v) is 14.3. The molecule has 0 atom stereocenters. The number of benzene rings is 12. The highest BCUT2D eigenvalue weighted by Crippen LogP contribution is 2.60. The molecule has 2 heteroatoms. The molecule has 0 saturated carbocycles. The van der Waals surface area contributed by atoms with Gasteiger partial charge in [0.1, 0.15) is 0 Å². The summed E-state index contributed by atoms with van der Waals surface area (Å²) in [4.78, 5) is 2.49. The van der Waals surface area contributed by atoms with Crippen molar-refractivity contribution in [2.45, 2.75) is 24.7 Å². The maximum Gasteiger partial charge on any atom is 0.0714 e. The van der Waals surface area contributed by atoms with Gasteiger partial charge in [-0.1, -0.05) is 214 Å². The molecule has 1 heterocycles. The Morgan fingerprint density at radius 3 is 1.54 bits per heavy atom. The first-order chi connectivity index (χ1) is 35.5. The second kappa shape index (κ2) is 15.5. The smallest absolute Gasteiger partial charge is 0.0714 e. The Hall–Kier alpha value is -8.56. The number of anilines is 3. The van der Waals surface area contributed by atoms with Crippen molar-refractivity contribution in [1.29, 1.82) is 0 Å². The van der Waals surface area contributed by atoms with Gasteiger partial charge in [-0.3, -0.25) is 0 Å². The third kappa shape index (κ3) is 5.76. The molecule has 0 N–H and O–H groups in total. The normalized spacial score (nSPS) is 13.9. The molecule has 0 unspecified atom stereocenters. The number of fused-ring (bicyclic) bond motifs is 16. The Morgan fingerprint density at radius 2 is 0.833 bits per heavy atom. The Bertz CT molecular complexity index is 4280. The lowest BCUT2D eigenvalue weighted by Crippen LogP contribution is -2.28. The van der Waals surface area contributed by atoms with Gasteiger partial charge in [0, 0.05) is 48.2 Å². The van der Waals surface area contributed by atoms with Crippen molar-refractivity contribution in [2.24, 2.45) is 0 Å². The van der Waals surface area contributed by atoms with E-state index < -0.39 is 5.41 Å². The van der Waals surface area contributed by atoms with Crippen LogP contribution in [0.25, 0.3) is 85.9 Å². The van der Waals surface area contributed by atoms with Gasteiger partial charge in [-0.05, 0) is 142 Å². The van der Waals surface area contributed by atoms with Gasteiger partial charge in [0.05, 0.1) is 5.41 Å². The van der Waals surface area contributed by atoms with Crippen LogP contribution in [0.15, 0.2) is 249 Å². The highest BCUT2D eigenvalue weighted by atomic mass is 32.1. The fourth-order valence-electron chi connectivity index (χ4n) is 13.1. The number of rotatable bonds is 6. The molecule has 13 aromatic rings. The second-order valence-corrected chi connectivity index (χ2v) is 21.4. The Morgan fingerprint density at radius 1 is 0.319 bits per heavy atom. The summed E-state index contributed by atoms with van der Waals surface area (Å²) in [5.41, 5.74) is 18.4. The Kier molecular flexibility index (Phi) is 8.86. The molecule has 0 spiro atoms. The molecule has 72 heavy (non-hydrogen) atoms. The molecule has 1 nitrogen and oxygen atoms in total. The maximum absolute atomic E-state index is 2.50. The third-order valence-corrected chi connectivity index (χ3v) is 17.5. The van der Waals surface area contributed by atoms with Crippen molar-refractivity contribution in [3.63, 3.8) is 0 Å². The molecule has 0 fully saturated rings. The molecule has 15 rings (SSSR count). The van der Waals surface area contributed by atoms with Crippen LogP contribution in [0.2, 0.25) is 0 Å². The van der Waals surface area contributed by atoms with Gasteiger partial charge in [0.15, 0.2) is 0 Å². The molecule has 0 radical (unpaired) electrons. The SMILES string of the molecule is CC1(C)c2ccccc2-c2ccc(-c3ccc(N(c4ccc5c(c4)-c4c(ccc6c4sc4ccccc46)C5(c4ccccc4)c4ccccc4)c4ccc5c6ccccc6c6ccccc6c5c4)cc3)cc21. The number of hydrogen-bond acceptors (Lipinski definition) is 2. The minimum atomic E-state index is -0.530. The van der Waals surface area contributed by atoms with Crippen molar-refractivity contribution in [3.05, 3.63) is 282 Å². The Labute approximate surface area is 423 Å². The average Bonchev–Trinajstić information content (AvgIpc) is 4.05. The van der Waals surface area contributed by atoms with Gasteiger partial charge >= 0.3 is 0 Å². The monoisotopic (exact) mass is 933 g/mol. The summed E-state index contributed by atoms with van der Waals surface area (Å²) in [7, 11) is 0. The van der Waals surface area contributed by atoms with Crippen molar-refractivity contribution in [1.82, 2.24) is 0 Å². The molecule has 2 aliphatic rings. The molecule has 12 aromatic carbocycles. The summed E-state index contributed by atoms with van der Waals surface area (Å²) in [6.45, 7) is 4.73. The van der Waals surface area contributed by atoms with Crippen LogP contribution >= 0.6 is 11.3 Å². The molecule has 0 bridgehead atoms. The van der Waals surface area contributed by atoms with Crippen molar-refractivity contribution in [3.8, 4) is 33.4 Å². The van der Waals surface area contributed by atoms with Gasteiger partial charge < -0.3 is 4.90 Å². The standard InChI is InChI=1S/C70H47NS/c1-69(2)62-27-15-13-25-56(62)57-36-31-45(41-65(57)69)44-29-32-48(33-30-44)71(49-34-37-55-53-23-10-9-21-51(53)52-22-11-12-24-54(52)60(55)42-49)50-35-39-63-61(43-50)67-64(40-38-59-58-26-14-16-28-66(58)72-68(59)67)70(63,46-17-5-3-6-18-46)47-19-7-4-8-20-47/h3-43H,1-2H3. The quantitative estimate of drug-likeness (QED) is 0.150. The molecule has 0 saturated heterocycles. The third-order valence-electron chi connectivity index (χ3n) is 16.3. The zero-order valence-corrected chi connectivity index (χ0v) is 40.8. The Balaban J connectivity index is 0.973. The van der Waals surface area contributed by atoms with E-state index in [0.29, 0.717) is 0 Å². The summed E-state index contributed by atoms with van der Waals surface area (Å²) in [6, 6.07) is 93.6. The lowest BCUT2D eigenvalue weighted by molar-refractivity contribution is 0.660. The molecule has 0 aliphatic heterocycles. The largest absolute Gasteiger partial charge is 0.310 e. The molecular formula is C70H47NS. The van der Waals surface area contributed by atoms with Gasteiger partial charge in [-0.25, -0.2) is 0 Å². The van der Waals surface area contributed by atoms with Crippen LogP contribution in [0, 0.1) is 0 Å². The van der Waals surface area contributed by atoms with Crippen molar-refractivity contribution >= 4 is 80.9 Å². The molecule has 1 aromatic heterocycles. The summed E-state index contributed by atoms with van der Waals surface area (Å²) < 4.78 is 2.64. The summed E-state index contributed by atoms with van der Waals surface area (Å²) in [6.07, 6.45) is 0. The lowest BCUT2D eigenvalue weighted by atomic mass is 9.67. The highest BCUT2D eigenvalue weighted by Gasteiger charge is 2.47. The predicted octanol–water partition coefficient (Wildman–Crippen LogP) is 19.3. The van der Waals surface area contributed by atoms with Crippen LogP contribution < -0.4 is 4.90 Å². The van der Waals surface area contributed by atoms with Gasteiger partial charge in [0.25, 0.3) is 0 Å². The van der Waals surface area contributed by atoms with Crippen LogP contribution in [0.3, 0.4) is 0 Å². The maximum atomic E-state index is 2.50. The van der Waals surface area contributed by atoms with Gasteiger partial charge in [-0.2, -0.15) is 0 Å². The number of thiophene rings is 1. The molecule has 338 valence electrons. The summed E-state index contributed by atoms with van der Waals surface area (Å²) in [5, 5.41) is 10.2. The van der Waals surface area contributed by atoms with E-state index in [9.17, 15) is 0 Å². The minimum Gasteiger partial charge on any atom is -0.310 e. The topological polar surface area (TPSA) is 3.24 Å². The fraction of sp³-hybridized carbons (Fsp3) is 0.0571. The van der Waals surface area contributed by atoms with E-state index in [4.69, 9.17) is 0 Å². The molecule has 0 amide bonds. The average molecular weight is 934 g/mol. The van der Waals surface area contributed by atoms with Crippen LogP contribution in [0.5, 0.6) is 0 Å². The van der Waals surface area contributed by atoms with E-state index in [-0.39, 0.29) is 5.41 Å². The van der Waals surface area contributed by atoms with Crippen molar-refractivity contribution < 1.29 is 0 Å². The van der Waals surface area contributed by atoms with Gasteiger partial charge in [0.2, 0.25) is 0 Å². The van der Waals surface area contributed by atoms with Crippen LogP contribution in [0.4, 0.5) is 17.1 Å². The van der Waals surface area contributed by atoms with Gasteiger partial charge in [-0.15, -0.1) is 11.3 Å². The van der Waals surface area contributed by atoms with Crippen molar-refractivity contribution in [2.75, 3.05) is 4.90 Å². The first-order valence-corrected chi connectivity index (χ1v) is 26.0. The summed E-state index contributed by atoms with van der Waals surface area (Å²) in [5.74, 6) is 0. The van der Waals surface area contributed by atoms with E-state index in [1.165, 1.54) is 119 Å². The summed E-state index contributed by atoms with van der Waals surface area (Å²) >= 11 is 1.92. The zero-order chi connectivity index (χ0) is 47.7. The van der Waals surface area contributed by atoms with Crippen LogP contribution in [0.1, 0.15) is 47.2 Å². The molecule has 2 aliphatic carbocycles. The first kappa shape index (κ1) is 41.2. The predicted molar refractivity (Wildman–Crippen MR) is 307 cm³/mol. The van der Waals surface area contributed by atoms with E-state index >= 15 is 0 Å². The van der Waals surface area contributed by atoms with E-state index in [2.05, 4.69) is 267 Å². The molecular weight excluding hydrogens is 887 g/mol. The first-order valence-electron chi connectivity index (χ1n) is 25.2. The minimum absolute atomic E-state index is 0.0729. The van der Waals surface area contributed by atoms with E-state index in [0.717, 1.165) is 17.1 Å². The highest BCUT2D eigenvalue weighted by molar-refractivity contribution is 7.26. The van der Waals surface area contributed by atoms with E-state index in [1.807, 2.05) is 11.3 Å². The van der Waals surface area contributed by atoms with Crippen LogP contribution in [-0.4, -0.2) is 0 Å². The number of hydrogen-bond donors (Lipinski definition) is 0. The second-order valence-electron chi connectivity index (χ2n) is 20.3. The lowest BCUT2D eigenvalue weighted by Gasteiger charge is -2.34. The number of nitrogens with zero attached hydrogens (tertiary/aromatic N) is 1. The van der Waals surface area contributed by atoms with E-state index in [1.54, 1.807) is 0 Å². The van der Waals surface area contributed by atoms with Crippen LogP contribution in [-0.2, 0) is 10.8 Å².